The van der Waals surface area contributed by atoms with Gasteiger partial charge in [0.1, 0.15) is 18.0 Å². The fraction of sp³-hybridized carbons (Fsp3) is 0.316. The van der Waals surface area contributed by atoms with Gasteiger partial charge in [0.05, 0.1) is 11.4 Å². The Hall–Kier alpha value is -2.96. The molecule has 2 heterocycles. The summed E-state index contributed by atoms with van der Waals surface area (Å²) in [5.41, 5.74) is 2.18. The molecule has 0 spiro atoms. The topological polar surface area (TPSA) is 68.9 Å². The number of hydrogen-bond donors (Lipinski definition) is 1. The number of amides is 1. The van der Waals surface area contributed by atoms with Crippen molar-refractivity contribution in [2.24, 2.45) is 0 Å². The van der Waals surface area contributed by atoms with Crippen LogP contribution >= 0.6 is 0 Å². The molecule has 26 heavy (non-hydrogen) atoms. The number of pyridine rings is 1. The maximum absolute atomic E-state index is 13.7. The van der Waals surface area contributed by atoms with Gasteiger partial charge in [-0.1, -0.05) is 13.0 Å². The van der Waals surface area contributed by atoms with E-state index in [-0.39, 0.29) is 18.0 Å². The van der Waals surface area contributed by atoms with Crippen LogP contribution in [0.1, 0.15) is 24.6 Å². The number of hydrogen-bond acceptors (Lipinski definition) is 3. The maximum atomic E-state index is 13.7. The number of halogens is 1. The Kier molecular flexibility index (Phi) is 4.88. The first kappa shape index (κ1) is 17.8. The second-order valence-electron chi connectivity index (χ2n) is 6.28. The molecule has 0 aliphatic heterocycles. The van der Waals surface area contributed by atoms with Gasteiger partial charge in [0.2, 0.25) is 5.91 Å². The van der Waals surface area contributed by atoms with Gasteiger partial charge in [-0.15, -0.1) is 0 Å². The van der Waals surface area contributed by atoms with Crippen molar-refractivity contribution in [2.75, 3.05) is 6.54 Å². The highest BCUT2D eigenvalue weighted by atomic mass is 19.1. The van der Waals surface area contributed by atoms with Gasteiger partial charge < -0.3 is 5.32 Å². The van der Waals surface area contributed by atoms with Gasteiger partial charge in [0.25, 0.3) is 5.56 Å². The third-order valence-electron chi connectivity index (χ3n) is 4.22. The van der Waals surface area contributed by atoms with Crippen LogP contribution in [0.2, 0.25) is 0 Å². The zero-order valence-electron chi connectivity index (χ0n) is 15.0. The molecular formula is C19H21FN4O2. The standard InChI is InChI=1S/C19H21FN4O2/c1-4-8-21-16(25)11-23-17(26)9-12(2)18-13(3)22-24(19(18)23)15-7-5-6-14(20)10-15/h5-7,9-10H,4,8,11H2,1-3H3,(H,21,25). The van der Waals surface area contributed by atoms with Crippen LogP contribution in [0.3, 0.4) is 0 Å². The third-order valence-corrected chi connectivity index (χ3v) is 4.22. The quantitative estimate of drug-likeness (QED) is 0.764. The van der Waals surface area contributed by atoms with E-state index in [1.165, 1.54) is 27.4 Å². The third kappa shape index (κ3) is 3.24. The molecule has 3 rings (SSSR count). The van der Waals surface area contributed by atoms with Gasteiger partial charge in [0.15, 0.2) is 0 Å². The van der Waals surface area contributed by atoms with Crippen LogP contribution in [0.5, 0.6) is 0 Å². The number of aromatic nitrogens is 3. The summed E-state index contributed by atoms with van der Waals surface area (Å²) in [4.78, 5) is 24.8. The fourth-order valence-electron chi connectivity index (χ4n) is 3.07. The predicted octanol–water partition coefficient (Wildman–Crippen LogP) is 2.47. The van der Waals surface area contributed by atoms with Crippen LogP contribution < -0.4 is 10.9 Å². The summed E-state index contributed by atoms with van der Waals surface area (Å²) < 4.78 is 16.6. The van der Waals surface area contributed by atoms with Crippen LogP contribution in [-0.4, -0.2) is 26.8 Å². The first-order chi connectivity index (χ1) is 12.4. The zero-order valence-corrected chi connectivity index (χ0v) is 15.0. The average Bonchev–Trinajstić information content (AvgIpc) is 2.94. The largest absolute Gasteiger partial charge is 0.355 e. The first-order valence-electron chi connectivity index (χ1n) is 8.54. The Balaban J connectivity index is 2.24. The molecule has 2 aromatic heterocycles. The van der Waals surface area contributed by atoms with Crippen LogP contribution in [0, 0.1) is 19.7 Å². The molecular weight excluding hydrogens is 335 g/mol. The molecule has 7 heteroatoms. The number of benzene rings is 1. The van der Waals surface area contributed by atoms with E-state index in [0.717, 1.165) is 17.4 Å². The molecule has 1 N–H and O–H groups in total. The van der Waals surface area contributed by atoms with E-state index >= 15 is 0 Å². The Morgan fingerprint density at radius 2 is 2.04 bits per heavy atom. The molecule has 0 fully saturated rings. The number of nitrogens with one attached hydrogen (secondary N) is 1. The molecule has 0 aliphatic carbocycles. The summed E-state index contributed by atoms with van der Waals surface area (Å²) in [6, 6.07) is 7.49. The van der Waals surface area contributed by atoms with Crippen LogP contribution in [0.4, 0.5) is 4.39 Å². The molecule has 136 valence electrons. The van der Waals surface area contributed by atoms with E-state index < -0.39 is 5.82 Å². The van der Waals surface area contributed by atoms with Crippen molar-refractivity contribution >= 4 is 16.9 Å². The predicted molar refractivity (Wildman–Crippen MR) is 98.1 cm³/mol. The first-order valence-corrected chi connectivity index (χ1v) is 8.54. The van der Waals surface area contributed by atoms with Gasteiger partial charge in [-0.2, -0.15) is 5.10 Å². The maximum Gasteiger partial charge on any atom is 0.252 e. The van der Waals surface area contributed by atoms with Crippen molar-refractivity contribution in [2.45, 2.75) is 33.7 Å². The van der Waals surface area contributed by atoms with Crippen molar-refractivity contribution in [3.63, 3.8) is 0 Å². The Morgan fingerprint density at radius 1 is 1.27 bits per heavy atom. The van der Waals surface area contributed by atoms with Crippen molar-refractivity contribution in [3.8, 4) is 5.69 Å². The summed E-state index contributed by atoms with van der Waals surface area (Å²) in [6.45, 7) is 6.05. The summed E-state index contributed by atoms with van der Waals surface area (Å²) >= 11 is 0. The monoisotopic (exact) mass is 356 g/mol. The van der Waals surface area contributed by atoms with Crippen molar-refractivity contribution in [3.05, 3.63) is 57.8 Å². The molecule has 6 nitrogen and oxygen atoms in total. The molecule has 1 aromatic carbocycles. The fourth-order valence-corrected chi connectivity index (χ4v) is 3.07. The van der Waals surface area contributed by atoms with E-state index in [1.807, 2.05) is 20.8 Å². The van der Waals surface area contributed by atoms with Crippen molar-refractivity contribution in [1.82, 2.24) is 19.7 Å². The van der Waals surface area contributed by atoms with Crippen LogP contribution in [0.25, 0.3) is 16.7 Å². The Morgan fingerprint density at radius 3 is 2.73 bits per heavy atom. The molecule has 0 bridgehead atoms. The number of fused-ring (bicyclic) bond motifs is 1. The number of carbonyl (C=O) groups is 1. The molecule has 0 unspecified atom stereocenters. The molecule has 1 amide bonds. The van der Waals surface area contributed by atoms with Crippen LogP contribution in [-0.2, 0) is 11.3 Å². The lowest BCUT2D eigenvalue weighted by Crippen LogP contribution is -2.33. The minimum absolute atomic E-state index is 0.115. The number of carbonyl (C=O) groups excluding carboxylic acids is 1. The molecule has 0 atom stereocenters. The summed E-state index contributed by atoms with van der Waals surface area (Å²) in [5, 5.41) is 8.05. The summed E-state index contributed by atoms with van der Waals surface area (Å²) in [7, 11) is 0. The highest BCUT2D eigenvalue weighted by Crippen LogP contribution is 2.24. The second kappa shape index (κ2) is 7.11. The van der Waals surface area contributed by atoms with Crippen molar-refractivity contribution in [1.29, 1.82) is 0 Å². The molecule has 0 radical (unpaired) electrons. The minimum atomic E-state index is -0.397. The lowest BCUT2D eigenvalue weighted by Gasteiger charge is -2.12. The van der Waals surface area contributed by atoms with E-state index in [0.29, 0.717) is 23.6 Å². The van der Waals surface area contributed by atoms with Crippen molar-refractivity contribution < 1.29 is 9.18 Å². The highest BCUT2D eigenvalue weighted by molar-refractivity contribution is 5.85. The van der Waals surface area contributed by atoms with Gasteiger partial charge in [0, 0.05) is 18.0 Å². The number of nitrogens with zero attached hydrogens (tertiary/aromatic N) is 3. The van der Waals surface area contributed by atoms with E-state index in [4.69, 9.17) is 0 Å². The minimum Gasteiger partial charge on any atom is -0.355 e. The highest BCUT2D eigenvalue weighted by Gasteiger charge is 2.18. The normalized spacial score (nSPS) is 11.1. The molecule has 0 saturated heterocycles. The van der Waals surface area contributed by atoms with Gasteiger partial charge >= 0.3 is 0 Å². The zero-order chi connectivity index (χ0) is 18.8. The van der Waals surface area contributed by atoms with Gasteiger partial charge in [-0.05, 0) is 44.0 Å². The molecule has 0 saturated carbocycles. The molecule has 3 aromatic rings. The lowest BCUT2D eigenvalue weighted by molar-refractivity contribution is -0.121. The summed E-state index contributed by atoms with van der Waals surface area (Å²) in [5.74, 6) is -0.644. The summed E-state index contributed by atoms with van der Waals surface area (Å²) in [6.07, 6.45) is 0.810. The number of aryl methyl sites for hydroxylation is 2. The smallest absolute Gasteiger partial charge is 0.252 e. The lowest BCUT2D eigenvalue weighted by atomic mass is 10.1. The van der Waals surface area contributed by atoms with E-state index in [9.17, 15) is 14.0 Å². The Bertz CT molecular complexity index is 1040. The number of rotatable bonds is 5. The van der Waals surface area contributed by atoms with E-state index in [2.05, 4.69) is 10.4 Å². The SMILES string of the molecule is CCCNC(=O)Cn1c(=O)cc(C)c2c(C)nn(-c3cccc(F)c3)c21. The van der Waals surface area contributed by atoms with Crippen LogP contribution in [0.15, 0.2) is 35.1 Å². The van der Waals surface area contributed by atoms with Gasteiger partial charge in [-0.3, -0.25) is 14.2 Å². The van der Waals surface area contributed by atoms with E-state index in [1.54, 1.807) is 12.1 Å². The second-order valence-corrected chi connectivity index (χ2v) is 6.28. The van der Waals surface area contributed by atoms with Gasteiger partial charge in [-0.25, -0.2) is 9.07 Å². The Labute approximate surface area is 150 Å². The average molecular weight is 356 g/mol. The molecule has 0 aliphatic rings.